The molecule has 1 atom stereocenters. The molecule has 9 heteroatoms. The van der Waals surface area contributed by atoms with Gasteiger partial charge >= 0.3 is 0 Å². The third kappa shape index (κ3) is 7.67. The number of hydrogen-bond acceptors (Lipinski definition) is 4. The number of rotatable bonds is 9. The van der Waals surface area contributed by atoms with Gasteiger partial charge in [0.2, 0.25) is 0 Å². The average Bonchev–Trinajstić information content (AvgIpc) is 3.10. The molecule has 1 fully saturated rings. The zero-order valence-electron chi connectivity index (χ0n) is 16.9. The summed E-state index contributed by atoms with van der Waals surface area (Å²) in [4.78, 5) is 8.22. The van der Waals surface area contributed by atoms with E-state index in [1.165, 1.54) is 18.2 Å². The fourth-order valence-electron chi connectivity index (χ4n) is 3.17. The van der Waals surface area contributed by atoms with Gasteiger partial charge in [-0.15, -0.1) is 24.0 Å². The summed E-state index contributed by atoms with van der Waals surface area (Å²) in [6.45, 7) is 4.56. The lowest BCUT2D eigenvalue weighted by Crippen LogP contribution is -2.45. The normalized spacial score (nSPS) is 17.0. The Kier molecular flexibility index (Phi) is 11.6. The molecule has 2 rings (SSSR count). The van der Waals surface area contributed by atoms with Gasteiger partial charge in [-0.05, 0) is 38.6 Å². The van der Waals surface area contributed by atoms with Gasteiger partial charge in [-0.3, -0.25) is 4.99 Å². The van der Waals surface area contributed by atoms with Crippen LogP contribution < -0.4 is 15.5 Å². The smallest absolute Gasteiger partial charge is 0.191 e. The summed E-state index contributed by atoms with van der Waals surface area (Å²) in [5, 5.41) is 6.64. The van der Waals surface area contributed by atoms with E-state index < -0.39 is 11.6 Å². The van der Waals surface area contributed by atoms with Crippen LogP contribution in [0, 0.1) is 11.6 Å². The molecule has 28 heavy (non-hydrogen) atoms. The molecule has 1 aromatic carbocycles. The highest BCUT2D eigenvalue weighted by Gasteiger charge is 2.27. The predicted molar refractivity (Wildman–Crippen MR) is 121 cm³/mol. The largest absolute Gasteiger partial charge is 0.383 e. The van der Waals surface area contributed by atoms with Crippen molar-refractivity contribution in [2.45, 2.75) is 18.9 Å². The van der Waals surface area contributed by atoms with Gasteiger partial charge in [0.15, 0.2) is 5.96 Å². The summed E-state index contributed by atoms with van der Waals surface area (Å²) < 4.78 is 33.0. The lowest BCUT2D eigenvalue weighted by molar-refractivity contribution is 0.161. The molecular weight excluding hydrogens is 479 g/mol. The highest BCUT2D eigenvalue weighted by atomic mass is 127. The van der Waals surface area contributed by atoms with Crippen LogP contribution in [-0.2, 0) is 4.74 Å². The van der Waals surface area contributed by atoms with Crippen LogP contribution in [0.1, 0.15) is 12.8 Å². The molecule has 1 saturated heterocycles. The summed E-state index contributed by atoms with van der Waals surface area (Å²) in [6.07, 6.45) is 1.78. The van der Waals surface area contributed by atoms with Gasteiger partial charge in [0, 0.05) is 46.4 Å². The fourth-order valence-corrected chi connectivity index (χ4v) is 3.17. The molecule has 0 radical (unpaired) electrons. The number of hydrogen-bond donors (Lipinski definition) is 2. The molecule has 6 nitrogen and oxygen atoms in total. The Morgan fingerprint density at radius 2 is 2.04 bits per heavy atom. The number of methoxy groups -OCH3 is 1. The van der Waals surface area contributed by atoms with Crippen molar-refractivity contribution in [2.75, 3.05) is 65.4 Å². The molecule has 160 valence electrons. The first-order valence-corrected chi connectivity index (χ1v) is 9.38. The minimum absolute atomic E-state index is 0. The molecule has 1 aromatic rings. The van der Waals surface area contributed by atoms with Gasteiger partial charge in [-0.1, -0.05) is 6.07 Å². The van der Waals surface area contributed by atoms with E-state index in [0.29, 0.717) is 13.1 Å². The first-order valence-electron chi connectivity index (χ1n) is 9.38. The third-order valence-corrected chi connectivity index (χ3v) is 4.69. The van der Waals surface area contributed by atoms with Crippen LogP contribution in [0.2, 0.25) is 0 Å². The minimum atomic E-state index is -0.518. The Balaban J connectivity index is 0.00000392. The minimum Gasteiger partial charge on any atom is -0.383 e. The van der Waals surface area contributed by atoms with E-state index in [1.807, 2.05) is 0 Å². The maximum atomic E-state index is 14.0. The number of nitrogens with one attached hydrogen (secondary N) is 2. The number of ether oxygens (including phenoxy) is 1. The average molecular weight is 511 g/mol. The standard InChI is InChI=1S/C19H31F2N5O.HI/c1-22-19(23-9-5-10-25(2)12-13-27-3)24-15-8-11-26(14-15)18-16(20)6-4-7-17(18)21;/h4,6-7,15H,5,8-14H2,1-3H3,(H2,22,23,24);1H. The van der Waals surface area contributed by atoms with Crippen molar-refractivity contribution in [3.63, 3.8) is 0 Å². The molecule has 1 unspecified atom stereocenters. The van der Waals surface area contributed by atoms with Crippen LogP contribution in [0.25, 0.3) is 0 Å². The van der Waals surface area contributed by atoms with Gasteiger partial charge in [-0.2, -0.15) is 0 Å². The molecule has 0 amide bonds. The highest BCUT2D eigenvalue weighted by Crippen LogP contribution is 2.26. The number of benzene rings is 1. The summed E-state index contributed by atoms with van der Waals surface area (Å²) in [5.74, 6) is -0.318. The summed E-state index contributed by atoms with van der Waals surface area (Å²) in [6, 6.07) is 4.07. The molecular formula is C19H32F2IN5O. The van der Waals surface area contributed by atoms with Crippen LogP contribution in [0.3, 0.4) is 0 Å². The third-order valence-electron chi connectivity index (χ3n) is 4.69. The Morgan fingerprint density at radius 3 is 2.68 bits per heavy atom. The Morgan fingerprint density at radius 1 is 1.32 bits per heavy atom. The van der Waals surface area contributed by atoms with Gasteiger partial charge in [-0.25, -0.2) is 8.78 Å². The lowest BCUT2D eigenvalue weighted by Gasteiger charge is -2.21. The van der Waals surface area contributed by atoms with E-state index in [9.17, 15) is 8.78 Å². The topological polar surface area (TPSA) is 52.1 Å². The number of anilines is 1. The molecule has 0 saturated carbocycles. The number of para-hydroxylation sites is 1. The van der Waals surface area contributed by atoms with E-state index in [0.717, 1.165) is 45.0 Å². The SMILES string of the molecule is CN=C(NCCCN(C)CCOC)NC1CCN(c2c(F)cccc2F)C1.I. The van der Waals surface area contributed by atoms with Crippen LogP contribution in [-0.4, -0.2) is 77.4 Å². The number of aliphatic imine (C=N–C) groups is 1. The predicted octanol–water partition coefficient (Wildman–Crippen LogP) is 2.29. The van der Waals surface area contributed by atoms with Crippen LogP contribution in [0.5, 0.6) is 0 Å². The number of likely N-dealkylation sites (N-methyl/N-ethyl adjacent to an activating group) is 1. The molecule has 1 aliphatic heterocycles. The second kappa shape index (κ2) is 13.1. The number of nitrogens with zero attached hydrogens (tertiary/aromatic N) is 3. The van der Waals surface area contributed by atoms with Crippen LogP contribution in [0.15, 0.2) is 23.2 Å². The fraction of sp³-hybridized carbons (Fsp3) is 0.632. The quantitative estimate of drug-likeness (QED) is 0.231. The second-order valence-corrected chi connectivity index (χ2v) is 6.79. The molecule has 1 aliphatic rings. The number of halogens is 3. The first-order chi connectivity index (χ1) is 13.0. The van der Waals surface area contributed by atoms with Gasteiger partial charge < -0.3 is 25.2 Å². The van der Waals surface area contributed by atoms with Crippen LogP contribution >= 0.6 is 24.0 Å². The van der Waals surface area contributed by atoms with Crippen molar-refractivity contribution in [1.82, 2.24) is 15.5 Å². The van der Waals surface area contributed by atoms with Gasteiger partial charge in [0.25, 0.3) is 0 Å². The zero-order valence-corrected chi connectivity index (χ0v) is 19.2. The van der Waals surface area contributed by atoms with E-state index in [-0.39, 0.29) is 35.7 Å². The molecule has 2 N–H and O–H groups in total. The van der Waals surface area contributed by atoms with Crippen molar-refractivity contribution >= 4 is 35.6 Å². The molecule has 0 bridgehead atoms. The monoisotopic (exact) mass is 511 g/mol. The summed E-state index contributed by atoms with van der Waals surface area (Å²) in [5.41, 5.74) is 0.0591. The van der Waals surface area contributed by atoms with Crippen LogP contribution in [0.4, 0.5) is 14.5 Å². The molecule has 1 heterocycles. The zero-order chi connectivity index (χ0) is 19.6. The van der Waals surface area contributed by atoms with Gasteiger partial charge in [0.1, 0.15) is 17.3 Å². The highest BCUT2D eigenvalue weighted by molar-refractivity contribution is 14.0. The maximum absolute atomic E-state index is 14.0. The van der Waals surface area contributed by atoms with Crippen molar-refractivity contribution in [2.24, 2.45) is 4.99 Å². The maximum Gasteiger partial charge on any atom is 0.191 e. The molecule has 0 aromatic heterocycles. The summed E-state index contributed by atoms with van der Waals surface area (Å²) >= 11 is 0. The molecule has 0 aliphatic carbocycles. The van der Waals surface area contributed by atoms with E-state index >= 15 is 0 Å². The summed E-state index contributed by atoms with van der Waals surface area (Å²) in [7, 11) is 5.50. The second-order valence-electron chi connectivity index (χ2n) is 6.79. The molecule has 0 spiro atoms. The van der Waals surface area contributed by atoms with Crippen molar-refractivity contribution < 1.29 is 13.5 Å². The van der Waals surface area contributed by atoms with E-state index in [1.54, 1.807) is 19.1 Å². The van der Waals surface area contributed by atoms with Crippen molar-refractivity contribution in [1.29, 1.82) is 0 Å². The number of guanidine groups is 1. The Bertz CT molecular complexity index is 600. The first kappa shape index (κ1) is 24.8. The Hall–Kier alpha value is -1.20. The van der Waals surface area contributed by atoms with Crippen molar-refractivity contribution in [3.05, 3.63) is 29.8 Å². The van der Waals surface area contributed by atoms with E-state index in [2.05, 4.69) is 27.6 Å². The van der Waals surface area contributed by atoms with Gasteiger partial charge in [0.05, 0.1) is 6.61 Å². The Labute approximate surface area is 183 Å². The lowest BCUT2D eigenvalue weighted by atomic mass is 10.2. The van der Waals surface area contributed by atoms with E-state index in [4.69, 9.17) is 4.74 Å². The van der Waals surface area contributed by atoms with Crippen molar-refractivity contribution in [3.8, 4) is 0 Å².